The van der Waals surface area contributed by atoms with E-state index in [-0.39, 0.29) is 23.8 Å². The highest BCUT2D eigenvalue weighted by molar-refractivity contribution is 5.97. The molecule has 0 atom stereocenters. The monoisotopic (exact) mass is 251 g/mol. The Morgan fingerprint density at radius 1 is 1.50 bits per heavy atom. The van der Waals surface area contributed by atoms with Gasteiger partial charge in [0.05, 0.1) is 13.7 Å². The number of benzene rings is 1. The number of aromatic carboxylic acids is 1. The molecule has 0 aliphatic carbocycles. The summed E-state index contributed by atoms with van der Waals surface area (Å²) < 4.78 is 10.1. The number of nitrogens with zero attached hydrogens (tertiary/aromatic N) is 1. The topological polar surface area (TPSA) is 76.1 Å². The zero-order chi connectivity index (χ0) is 13.1. The third-order valence-corrected chi connectivity index (χ3v) is 2.71. The van der Waals surface area contributed by atoms with Crippen LogP contribution in [0.15, 0.2) is 18.2 Å². The molecule has 1 aromatic carbocycles. The van der Waals surface area contributed by atoms with Gasteiger partial charge in [-0.05, 0) is 12.1 Å². The van der Waals surface area contributed by atoms with Crippen molar-refractivity contribution in [2.24, 2.45) is 0 Å². The molecule has 0 spiro atoms. The highest BCUT2D eigenvalue weighted by atomic mass is 16.5. The molecule has 1 aromatic rings. The lowest BCUT2D eigenvalue weighted by Gasteiger charge is -2.27. The van der Waals surface area contributed by atoms with E-state index in [0.717, 1.165) is 0 Å². The lowest BCUT2D eigenvalue weighted by atomic mass is 10.1. The maximum Gasteiger partial charge on any atom is 0.339 e. The zero-order valence-electron chi connectivity index (χ0n) is 9.88. The number of hydrogen-bond acceptors (Lipinski definition) is 4. The second kappa shape index (κ2) is 5.05. The summed E-state index contributed by atoms with van der Waals surface area (Å²) in [7, 11) is 1.40. The molecule has 0 unspecified atom stereocenters. The maximum absolute atomic E-state index is 11.7. The second-order valence-corrected chi connectivity index (χ2v) is 3.79. The van der Waals surface area contributed by atoms with Crippen LogP contribution in [0.3, 0.4) is 0 Å². The van der Waals surface area contributed by atoms with Crippen LogP contribution in [0.25, 0.3) is 0 Å². The predicted molar refractivity (Wildman–Crippen MR) is 63.1 cm³/mol. The Hall–Kier alpha value is -2.08. The van der Waals surface area contributed by atoms with Crippen LogP contribution in [0.5, 0.6) is 5.75 Å². The summed E-state index contributed by atoms with van der Waals surface area (Å²) in [6.07, 6.45) is 0. The predicted octanol–water partition coefficient (Wildman–Crippen LogP) is 0.757. The van der Waals surface area contributed by atoms with Crippen LogP contribution in [-0.2, 0) is 9.53 Å². The summed E-state index contributed by atoms with van der Waals surface area (Å²) in [5, 5.41) is 8.97. The van der Waals surface area contributed by atoms with E-state index < -0.39 is 5.97 Å². The number of rotatable bonds is 3. The van der Waals surface area contributed by atoms with Crippen molar-refractivity contribution in [1.82, 2.24) is 0 Å². The Labute approximate surface area is 104 Å². The van der Waals surface area contributed by atoms with E-state index in [4.69, 9.17) is 14.6 Å². The van der Waals surface area contributed by atoms with Gasteiger partial charge in [0.2, 0.25) is 0 Å². The second-order valence-electron chi connectivity index (χ2n) is 3.79. The minimum atomic E-state index is -1.06. The molecule has 0 aromatic heterocycles. The van der Waals surface area contributed by atoms with Gasteiger partial charge in [0.1, 0.15) is 17.9 Å². The zero-order valence-corrected chi connectivity index (χ0v) is 9.88. The fourth-order valence-corrected chi connectivity index (χ4v) is 1.82. The molecular weight excluding hydrogens is 238 g/mol. The molecule has 1 N–H and O–H groups in total. The summed E-state index contributed by atoms with van der Waals surface area (Å²) in [6.45, 7) is 0.964. The van der Waals surface area contributed by atoms with E-state index in [2.05, 4.69) is 0 Å². The lowest BCUT2D eigenvalue weighted by Crippen LogP contribution is -2.41. The summed E-state index contributed by atoms with van der Waals surface area (Å²) >= 11 is 0. The Morgan fingerprint density at radius 2 is 2.28 bits per heavy atom. The minimum Gasteiger partial charge on any atom is -0.496 e. The molecule has 1 heterocycles. The molecule has 1 aliphatic rings. The first kappa shape index (κ1) is 12.4. The van der Waals surface area contributed by atoms with Crippen LogP contribution in [0.2, 0.25) is 0 Å². The van der Waals surface area contributed by atoms with Crippen LogP contribution in [0.1, 0.15) is 10.4 Å². The fourth-order valence-electron chi connectivity index (χ4n) is 1.82. The molecular formula is C12H13NO5. The van der Waals surface area contributed by atoms with Crippen LogP contribution in [0, 0.1) is 0 Å². The van der Waals surface area contributed by atoms with E-state index in [1.807, 2.05) is 0 Å². The first-order valence-corrected chi connectivity index (χ1v) is 5.43. The van der Waals surface area contributed by atoms with Gasteiger partial charge < -0.3 is 19.5 Å². The van der Waals surface area contributed by atoms with Gasteiger partial charge in [0.15, 0.2) is 0 Å². The van der Waals surface area contributed by atoms with E-state index in [9.17, 15) is 9.59 Å². The van der Waals surface area contributed by atoms with E-state index in [0.29, 0.717) is 18.8 Å². The average Bonchev–Trinajstić information content (AvgIpc) is 2.38. The molecule has 1 fully saturated rings. The number of carbonyl (C=O) groups is 2. The van der Waals surface area contributed by atoms with E-state index >= 15 is 0 Å². The highest BCUT2D eigenvalue weighted by Gasteiger charge is 2.22. The molecule has 1 saturated heterocycles. The minimum absolute atomic E-state index is 0.0446. The van der Waals surface area contributed by atoms with Gasteiger partial charge in [-0.2, -0.15) is 0 Å². The van der Waals surface area contributed by atoms with Crippen molar-refractivity contribution in [1.29, 1.82) is 0 Å². The van der Waals surface area contributed by atoms with Crippen LogP contribution >= 0.6 is 0 Å². The smallest absolute Gasteiger partial charge is 0.339 e. The number of ether oxygens (including phenoxy) is 2. The van der Waals surface area contributed by atoms with Crippen molar-refractivity contribution in [3.05, 3.63) is 23.8 Å². The Kier molecular flexibility index (Phi) is 3.47. The third kappa shape index (κ3) is 2.28. The molecule has 2 rings (SSSR count). The lowest BCUT2D eigenvalue weighted by molar-refractivity contribution is -0.125. The average molecular weight is 251 g/mol. The van der Waals surface area contributed by atoms with Gasteiger partial charge >= 0.3 is 5.97 Å². The number of anilines is 1. The highest BCUT2D eigenvalue weighted by Crippen LogP contribution is 2.26. The Balaban J connectivity index is 2.34. The quantitative estimate of drug-likeness (QED) is 0.858. The normalized spacial score (nSPS) is 15.6. The summed E-state index contributed by atoms with van der Waals surface area (Å²) in [4.78, 5) is 24.2. The van der Waals surface area contributed by atoms with Gasteiger partial charge in [-0.15, -0.1) is 0 Å². The first-order valence-electron chi connectivity index (χ1n) is 5.43. The van der Waals surface area contributed by atoms with Gasteiger partial charge in [-0.25, -0.2) is 4.79 Å². The van der Waals surface area contributed by atoms with Crippen molar-refractivity contribution in [3.63, 3.8) is 0 Å². The summed E-state index contributed by atoms with van der Waals surface area (Å²) in [5.74, 6) is -0.975. The number of hydrogen-bond donors (Lipinski definition) is 1. The van der Waals surface area contributed by atoms with Crippen LogP contribution in [-0.4, -0.2) is 43.9 Å². The van der Waals surface area contributed by atoms with Crippen LogP contribution in [0.4, 0.5) is 5.69 Å². The molecule has 0 radical (unpaired) electrons. The Morgan fingerprint density at radius 3 is 2.89 bits per heavy atom. The van der Waals surface area contributed by atoms with E-state index in [1.165, 1.54) is 13.2 Å². The molecule has 1 aliphatic heterocycles. The van der Waals surface area contributed by atoms with Gasteiger partial charge in [0.25, 0.3) is 5.91 Å². The van der Waals surface area contributed by atoms with Crippen molar-refractivity contribution >= 4 is 17.6 Å². The number of carboxylic acids is 1. The Bertz CT molecular complexity index is 485. The first-order chi connectivity index (χ1) is 8.63. The van der Waals surface area contributed by atoms with Gasteiger partial charge in [-0.3, -0.25) is 4.79 Å². The number of carbonyl (C=O) groups excluding carboxylic acids is 1. The number of amides is 1. The maximum atomic E-state index is 11.7. The number of methoxy groups -OCH3 is 1. The molecule has 96 valence electrons. The number of morpholine rings is 1. The van der Waals surface area contributed by atoms with Crippen molar-refractivity contribution in [3.8, 4) is 5.75 Å². The van der Waals surface area contributed by atoms with Crippen molar-refractivity contribution in [2.75, 3.05) is 31.8 Å². The molecule has 0 bridgehead atoms. The van der Waals surface area contributed by atoms with Crippen molar-refractivity contribution < 1.29 is 24.2 Å². The summed E-state index contributed by atoms with van der Waals surface area (Å²) in [6, 6.07) is 4.57. The molecule has 6 nitrogen and oxygen atoms in total. The molecule has 18 heavy (non-hydrogen) atoms. The van der Waals surface area contributed by atoms with Gasteiger partial charge in [-0.1, -0.05) is 0 Å². The molecule has 6 heteroatoms. The van der Waals surface area contributed by atoms with E-state index in [1.54, 1.807) is 17.0 Å². The van der Waals surface area contributed by atoms with Crippen molar-refractivity contribution in [2.45, 2.75) is 0 Å². The third-order valence-electron chi connectivity index (χ3n) is 2.71. The largest absolute Gasteiger partial charge is 0.496 e. The number of carboxylic acid groups (broad SMARTS) is 1. The molecule has 0 saturated carbocycles. The summed E-state index contributed by atoms with van der Waals surface area (Å²) in [5.41, 5.74) is 0.687. The SMILES string of the molecule is COc1cc(N2CCOCC2=O)ccc1C(=O)O. The van der Waals surface area contributed by atoms with Gasteiger partial charge in [0, 0.05) is 18.3 Å². The van der Waals surface area contributed by atoms with Crippen LogP contribution < -0.4 is 9.64 Å². The fraction of sp³-hybridized carbons (Fsp3) is 0.333. The standard InChI is InChI=1S/C12H13NO5/c1-17-10-6-8(2-3-9(10)12(15)16)13-4-5-18-7-11(13)14/h2-3,6H,4-5,7H2,1H3,(H,15,16). The molecule has 1 amide bonds.